The maximum absolute atomic E-state index is 14.4. The van der Waals surface area contributed by atoms with Crippen LogP contribution in [0.1, 0.15) is 30.6 Å². The van der Waals surface area contributed by atoms with E-state index in [-0.39, 0.29) is 11.6 Å². The van der Waals surface area contributed by atoms with Gasteiger partial charge in [0.25, 0.3) is 0 Å². The van der Waals surface area contributed by atoms with Crippen LogP contribution in [0, 0.1) is 6.92 Å². The monoisotopic (exact) mass is 526 g/mol. The van der Waals surface area contributed by atoms with Crippen LogP contribution in [-0.2, 0) is 19.0 Å². The van der Waals surface area contributed by atoms with E-state index in [1.807, 2.05) is 0 Å². The summed E-state index contributed by atoms with van der Waals surface area (Å²) >= 11 is 5.90. The van der Waals surface area contributed by atoms with Crippen LogP contribution in [0.5, 0.6) is 0 Å². The number of benzene rings is 2. The third-order valence-corrected chi connectivity index (χ3v) is 5.57. The van der Waals surface area contributed by atoms with Gasteiger partial charge in [0.15, 0.2) is 11.6 Å². The normalized spacial score (nSPS) is 12.3. The largest absolute Gasteiger partial charge is 0.390 e. The molecule has 4 aromatic rings. The summed E-state index contributed by atoms with van der Waals surface area (Å²) in [7, 11) is 0. The molecule has 0 aliphatic heterocycles. The molecule has 0 fully saturated rings. The predicted molar refractivity (Wildman–Crippen MR) is 122 cm³/mol. The summed E-state index contributed by atoms with van der Waals surface area (Å²) in [4.78, 5) is 17.0. The highest BCUT2D eigenvalue weighted by atomic mass is 35.5. The minimum Gasteiger partial charge on any atom is -0.275 e. The molecule has 36 heavy (non-hydrogen) atoms. The van der Waals surface area contributed by atoms with E-state index in [0.717, 1.165) is 13.9 Å². The van der Waals surface area contributed by atoms with Crippen LogP contribution in [0.4, 0.5) is 22.0 Å². The SMILES string of the molecule is Cc1ccccc1-n1nc(Cn2nc(-c3ccc(Cl)cc3)n(CCC(F)(F)F)c2=O)nc1C(C)(F)F. The van der Waals surface area contributed by atoms with E-state index >= 15 is 0 Å². The van der Waals surface area contributed by atoms with Crippen molar-refractivity contribution in [2.45, 2.75) is 45.5 Å². The first kappa shape index (κ1) is 25.5. The highest BCUT2D eigenvalue weighted by Crippen LogP contribution is 2.29. The Morgan fingerprint density at radius 1 is 0.972 bits per heavy atom. The highest BCUT2D eigenvalue weighted by molar-refractivity contribution is 6.30. The lowest BCUT2D eigenvalue weighted by Crippen LogP contribution is -2.27. The van der Waals surface area contributed by atoms with Crippen LogP contribution in [-0.4, -0.2) is 35.3 Å². The average Bonchev–Trinajstić information content (AvgIpc) is 3.34. The number of aryl methyl sites for hydroxylation is 1. The second-order valence-corrected chi connectivity index (χ2v) is 8.66. The van der Waals surface area contributed by atoms with Gasteiger partial charge in [-0.05, 0) is 42.8 Å². The molecular formula is C23H20ClF5N6O. The number of halogens is 6. The first-order chi connectivity index (χ1) is 16.8. The molecule has 0 aliphatic carbocycles. The molecule has 0 N–H and O–H groups in total. The molecule has 2 heterocycles. The Bertz CT molecular complexity index is 1430. The van der Waals surface area contributed by atoms with Gasteiger partial charge in [0.2, 0.25) is 5.82 Å². The molecule has 0 aliphatic rings. The first-order valence-corrected chi connectivity index (χ1v) is 11.1. The van der Waals surface area contributed by atoms with E-state index in [4.69, 9.17) is 11.6 Å². The molecule has 2 aromatic heterocycles. The van der Waals surface area contributed by atoms with E-state index in [9.17, 15) is 26.7 Å². The molecule has 2 aromatic carbocycles. The summed E-state index contributed by atoms with van der Waals surface area (Å²) in [5, 5.41) is 8.74. The first-order valence-electron chi connectivity index (χ1n) is 10.7. The molecule has 0 saturated carbocycles. The van der Waals surface area contributed by atoms with E-state index in [1.54, 1.807) is 31.2 Å². The van der Waals surface area contributed by atoms with Crippen LogP contribution >= 0.6 is 11.6 Å². The Morgan fingerprint density at radius 3 is 2.25 bits per heavy atom. The topological polar surface area (TPSA) is 70.5 Å². The molecule has 0 spiro atoms. The van der Waals surface area contributed by atoms with E-state index < -0.39 is 43.1 Å². The molecule has 0 unspecified atom stereocenters. The molecule has 7 nitrogen and oxygen atoms in total. The third kappa shape index (κ3) is 5.48. The Kier molecular flexibility index (Phi) is 6.74. The van der Waals surface area contributed by atoms with Crippen molar-refractivity contribution in [1.29, 1.82) is 0 Å². The summed E-state index contributed by atoms with van der Waals surface area (Å²) in [5.41, 5.74) is 0.536. The average molecular weight is 527 g/mol. The van der Waals surface area contributed by atoms with Crippen molar-refractivity contribution in [2.24, 2.45) is 0 Å². The Hall–Kier alpha value is -3.54. The Morgan fingerprint density at radius 2 is 1.64 bits per heavy atom. The molecule has 4 rings (SSSR count). The number of aromatic nitrogens is 6. The zero-order valence-corrected chi connectivity index (χ0v) is 19.9. The van der Waals surface area contributed by atoms with Gasteiger partial charge in [-0.3, -0.25) is 4.57 Å². The van der Waals surface area contributed by atoms with E-state index in [2.05, 4.69) is 15.2 Å². The standard InChI is InChI=1S/C23H20ClF5N6O/c1-14-5-3-4-6-17(14)35-20(22(2,25)26)30-18(31-35)13-34-21(36)33(12-11-23(27,28)29)19(32-34)15-7-9-16(24)10-8-15/h3-10H,11-13H2,1-2H3. The van der Waals surface area contributed by atoms with Gasteiger partial charge in [0, 0.05) is 24.1 Å². The number of alkyl halides is 5. The van der Waals surface area contributed by atoms with Gasteiger partial charge in [0.05, 0.1) is 12.1 Å². The fraction of sp³-hybridized carbons (Fsp3) is 0.304. The zero-order valence-electron chi connectivity index (χ0n) is 19.1. The summed E-state index contributed by atoms with van der Waals surface area (Å²) < 4.78 is 70.2. The zero-order chi connectivity index (χ0) is 26.3. The van der Waals surface area contributed by atoms with Gasteiger partial charge in [-0.1, -0.05) is 29.8 Å². The summed E-state index contributed by atoms with van der Waals surface area (Å²) in [6.07, 6.45) is -5.76. The second kappa shape index (κ2) is 9.49. The van der Waals surface area contributed by atoms with Crippen LogP contribution in [0.2, 0.25) is 5.02 Å². The minimum atomic E-state index is -4.51. The lowest BCUT2D eigenvalue weighted by atomic mass is 10.2. The van der Waals surface area contributed by atoms with Gasteiger partial charge < -0.3 is 0 Å². The molecule has 0 amide bonds. The number of hydrogen-bond donors (Lipinski definition) is 0. The van der Waals surface area contributed by atoms with Crippen molar-refractivity contribution in [3.05, 3.63) is 81.3 Å². The second-order valence-electron chi connectivity index (χ2n) is 8.23. The fourth-order valence-corrected chi connectivity index (χ4v) is 3.73. The maximum Gasteiger partial charge on any atom is 0.390 e. The van der Waals surface area contributed by atoms with Gasteiger partial charge in [-0.15, -0.1) is 10.2 Å². The van der Waals surface area contributed by atoms with Gasteiger partial charge >= 0.3 is 17.8 Å². The maximum atomic E-state index is 14.4. The Labute approximate surface area is 206 Å². The van der Waals surface area contributed by atoms with Crippen molar-refractivity contribution in [2.75, 3.05) is 0 Å². The lowest BCUT2D eigenvalue weighted by Gasteiger charge is -2.12. The highest BCUT2D eigenvalue weighted by Gasteiger charge is 2.34. The van der Waals surface area contributed by atoms with Crippen molar-refractivity contribution in [1.82, 2.24) is 29.1 Å². The fourth-order valence-electron chi connectivity index (χ4n) is 3.61. The molecular weight excluding hydrogens is 507 g/mol. The number of para-hydroxylation sites is 1. The van der Waals surface area contributed by atoms with Gasteiger partial charge in [0.1, 0.15) is 6.54 Å². The lowest BCUT2D eigenvalue weighted by molar-refractivity contribution is -0.136. The number of rotatable bonds is 7. The van der Waals surface area contributed by atoms with Crippen LogP contribution < -0.4 is 5.69 Å². The number of hydrogen-bond acceptors (Lipinski definition) is 4. The molecule has 0 saturated heterocycles. The van der Waals surface area contributed by atoms with Crippen LogP contribution in [0.15, 0.2) is 53.3 Å². The smallest absolute Gasteiger partial charge is 0.275 e. The van der Waals surface area contributed by atoms with Crippen molar-refractivity contribution >= 4 is 11.6 Å². The molecule has 0 atom stereocenters. The predicted octanol–water partition coefficient (Wildman–Crippen LogP) is 5.37. The third-order valence-electron chi connectivity index (χ3n) is 5.32. The van der Waals surface area contributed by atoms with Crippen molar-refractivity contribution in [3.63, 3.8) is 0 Å². The molecule has 0 radical (unpaired) electrons. The number of nitrogens with zero attached hydrogens (tertiary/aromatic N) is 6. The molecule has 190 valence electrons. The molecule has 13 heteroatoms. The quantitative estimate of drug-likeness (QED) is 0.304. The van der Waals surface area contributed by atoms with Crippen LogP contribution in [0.3, 0.4) is 0 Å². The Balaban J connectivity index is 1.78. The van der Waals surface area contributed by atoms with Crippen molar-refractivity contribution in [3.8, 4) is 17.1 Å². The van der Waals surface area contributed by atoms with Crippen LogP contribution in [0.25, 0.3) is 17.1 Å². The van der Waals surface area contributed by atoms with Gasteiger partial charge in [-0.25, -0.2) is 19.1 Å². The van der Waals surface area contributed by atoms with E-state index in [1.165, 1.54) is 24.3 Å². The summed E-state index contributed by atoms with van der Waals surface area (Å²) in [5.74, 6) is -4.19. The van der Waals surface area contributed by atoms with E-state index in [0.29, 0.717) is 28.8 Å². The molecule has 0 bridgehead atoms. The summed E-state index contributed by atoms with van der Waals surface area (Å²) in [6.45, 7) is 1.29. The van der Waals surface area contributed by atoms with Gasteiger partial charge in [-0.2, -0.15) is 22.0 Å². The summed E-state index contributed by atoms with van der Waals surface area (Å²) in [6, 6.07) is 12.8. The van der Waals surface area contributed by atoms with Crippen molar-refractivity contribution < 1.29 is 22.0 Å². The minimum absolute atomic E-state index is 0.0275.